The second kappa shape index (κ2) is 8.35. The second-order valence-electron chi connectivity index (χ2n) is 8.37. The Morgan fingerprint density at radius 2 is 1.47 bits per heavy atom. The molecule has 1 unspecified atom stereocenters. The quantitative estimate of drug-likeness (QED) is 0.330. The van der Waals surface area contributed by atoms with Crippen molar-refractivity contribution in [3.63, 3.8) is 0 Å². The van der Waals surface area contributed by atoms with E-state index in [0.717, 1.165) is 11.1 Å². The van der Waals surface area contributed by atoms with Crippen molar-refractivity contribution in [2.24, 2.45) is 0 Å². The molecule has 1 heterocycles. The van der Waals surface area contributed by atoms with Crippen LogP contribution in [0.5, 0.6) is 5.75 Å². The van der Waals surface area contributed by atoms with Crippen molar-refractivity contribution in [3.8, 4) is 5.75 Å². The van der Waals surface area contributed by atoms with Gasteiger partial charge in [-0.15, -0.1) is 0 Å². The SMILES string of the molecule is Cc1ccc(/C(O)=C2\C(=O)C(=O)N(c3ccc(C(C)C)cc3)C2c2ccc(O)cc2)cc1. The van der Waals surface area contributed by atoms with Crippen LogP contribution < -0.4 is 4.90 Å². The Bertz CT molecular complexity index is 1190. The van der Waals surface area contributed by atoms with Gasteiger partial charge < -0.3 is 10.2 Å². The Morgan fingerprint density at radius 3 is 2.03 bits per heavy atom. The summed E-state index contributed by atoms with van der Waals surface area (Å²) in [4.78, 5) is 27.7. The number of aromatic hydroxyl groups is 1. The first kappa shape index (κ1) is 21.4. The summed E-state index contributed by atoms with van der Waals surface area (Å²) >= 11 is 0. The molecule has 0 aromatic heterocycles. The maximum atomic E-state index is 13.2. The Morgan fingerprint density at radius 1 is 0.875 bits per heavy atom. The zero-order valence-electron chi connectivity index (χ0n) is 18.2. The molecule has 0 radical (unpaired) electrons. The number of phenolic OH excluding ortho intramolecular Hbond substituents is 1. The van der Waals surface area contributed by atoms with E-state index in [1.54, 1.807) is 24.3 Å². The van der Waals surface area contributed by atoms with Gasteiger partial charge in [0.15, 0.2) is 0 Å². The molecular weight excluding hydrogens is 402 g/mol. The van der Waals surface area contributed by atoms with Gasteiger partial charge in [0.1, 0.15) is 11.5 Å². The van der Waals surface area contributed by atoms with Crippen molar-refractivity contribution in [2.45, 2.75) is 32.7 Å². The number of phenols is 1. The summed E-state index contributed by atoms with van der Waals surface area (Å²) in [6, 6.07) is 20.1. The van der Waals surface area contributed by atoms with Gasteiger partial charge in [0.05, 0.1) is 11.6 Å². The lowest BCUT2D eigenvalue weighted by Crippen LogP contribution is -2.29. The summed E-state index contributed by atoms with van der Waals surface area (Å²) in [7, 11) is 0. The lowest BCUT2D eigenvalue weighted by atomic mass is 9.94. The third kappa shape index (κ3) is 3.78. The predicted octanol–water partition coefficient (Wildman–Crippen LogP) is 5.45. The molecule has 1 aliphatic rings. The van der Waals surface area contributed by atoms with Gasteiger partial charge in [0.2, 0.25) is 0 Å². The number of rotatable bonds is 4. The highest BCUT2D eigenvalue weighted by Gasteiger charge is 2.46. The van der Waals surface area contributed by atoms with Crippen molar-refractivity contribution < 1.29 is 19.8 Å². The zero-order chi connectivity index (χ0) is 23.0. The predicted molar refractivity (Wildman–Crippen MR) is 125 cm³/mol. The smallest absolute Gasteiger partial charge is 0.300 e. The van der Waals surface area contributed by atoms with Crippen LogP contribution in [-0.2, 0) is 9.59 Å². The Balaban J connectivity index is 1.90. The lowest BCUT2D eigenvalue weighted by molar-refractivity contribution is -0.132. The number of Topliss-reactive ketones (excluding diaryl/α,β-unsaturated/α-hetero) is 1. The monoisotopic (exact) mass is 427 g/mol. The summed E-state index contributed by atoms with van der Waals surface area (Å²) in [5, 5.41) is 20.8. The third-order valence-electron chi connectivity index (χ3n) is 5.82. The first-order chi connectivity index (χ1) is 15.3. The van der Waals surface area contributed by atoms with E-state index in [1.807, 2.05) is 43.3 Å². The Hall–Kier alpha value is -3.86. The molecule has 0 bridgehead atoms. The molecule has 1 saturated heterocycles. The number of aryl methyl sites for hydroxylation is 1. The minimum Gasteiger partial charge on any atom is -0.508 e. The molecule has 0 spiro atoms. The van der Waals surface area contributed by atoms with Crippen molar-refractivity contribution in [3.05, 3.63) is 101 Å². The molecule has 5 heteroatoms. The average molecular weight is 428 g/mol. The van der Waals surface area contributed by atoms with Crippen LogP contribution in [-0.4, -0.2) is 21.9 Å². The van der Waals surface area contributed by atoms with E-state index >= 15 is 0 Å². The summed E-state index contributed by atoms with van der Waals surface area (Å²) in [5.41, 5.74) is 3.81. The molecule has 4 rings (SSSR count). The maximum absolute atomic E-state index is 13.2. The third-order valence-corrected chi connectivity index (χ3v) is 5.82. The second-order valence-corrected chi connectivity index (χ2v) is 8.37. The number of carbonyl (C=O) groups is 2. The molecule has 1 atom stereocenters. The van der Waals surface area contributed by atoms with E-state index in [-0.39, 0.29) is 17.1 Å². The maximum Gasteiger partial charge on any atom is 0.300 e. The van der Waals surface area contributed by atoms with Gasteiger partial charge in [-0.1, -0.05) is 67.9 Å². The molecule has 0 aliphatic carbocycles. The number of aliphatic hydroxyl groups is 1. The van der Waals surface area contributed by atoms with Crippen molar-refractivity contribution in [1.82, 2.24) is 0 Å². The standard InChI is InChI=1S/C27H25NO4/c1-16(2)18-8-12-21(13-9-18)28-24(19-10-14-22(29)15-11-19)23(26(31)27(28)32)25(30)20-6-4-17(3)5-7-20/h4-16,24,29-30H,1-3H3/b25-23+. The average Bonchev–Trinajstić information content (AvgIpc) is 3.05. The molecule has 162 valence electrons. The molecule has 3 aromatic carbocycles. The van der Waals surface area contributed by atoms with Crippen LogP contribution in [0.4, 0.5) is 5.69 Å². The van der Waals surface area contributed by atoms with E-state index in [2.05, 4.69) is 13.8 Å². The van der Waals surface area contributed by atoms with E-state index in [0.29, 0.717) is 22.7 Å². The number of hydrogen-bond acceptors (Lipinski definition) is 4. The molecule has 0 saturated carbocycles. The van der Waals surface area contributed by atoms with Gasteiger partial charge in [-0.05, 0) is 48.2 Å². The summed E-state index contributed by atoms with van der Waals surface area (Å²) in [6.07, 6.45) is 0. The topological polar surface area (TPSA) is 77.8 Å². The molecule has 5 nitrogen and oxygen atoms in total. The number of nitrogens with zero attached hydrogens (tertiary/aromatic N) is 1. The highest BCUT2D eigenvalue weighted by molar-refractivity contribution is 6.51. The molecule has 2 N–H and O–H groups in total. The largest absolute Gasteiger partial charge is 0.508 e. The first-order valence-corrected chi connectivity index (χ1v) is 10.5. The van der Waals surface area contributed by atoms with Gasteiger partial charge in [-0.3, -0.25) is 14.5 Å². The Labute approximate surface area is 187 Å². The van der Waals surface area contributed by atoms with Crippen molar-refractivity contribution in [1.29, 1.82) is 0 Å². The Kier molecular flexibility index (Phi) is 5.57. The summed E-state index contributed by atoms with van der Waals surface area (Å²) in [5.74, 6) is -1.26. The molecule has 32 heavy (non-hydrogen) atoms. The van der Waals surface area contributed by atoms with Crippen LogP contribution in [0.15, 0.2) is 78.4 Å². The van der Waals surface area contributed by atoms with Gasteiger partial charge in [-0.25, -0.2) is 0 Å². The van der Waals surface area contributed by atoms with Crippen LogP contribution in [0, 0.1) is 6.92 Å². The van der Waals surface area contributed by atoms with E-state index < -0.39 is 17.7 Å². The fourth-order valence-electron chi connectivity index (χ4n) is 3.96. The molecule has 1 amide bonds. The van der Waals surface area contributed by atoms with E-state index in [4.69, 9.17) is 0 Å². The first-order valence-electron chi connectivity index (χ1n) is 10.5. The number of aliphatic hydroxyl groups excluding tert-OH is 1. The number of ketones is 1. The van der Waals surface area contributed by atoms with Gasteiger partial charge >= 0.3 is 0 Å². The minimum atomic E-state index is -0.818. The normalized spacial score (nSPS) is 17.9. The number of benzene rings is 3. The lowest BCUT2D eigenvalue weighted by Gasteiger charge is -2.26. The molecular formula is C27H25NO4. The number of anilines is 1. The van der Waals surface area contributed by atoms with Crippen LogP contribution in [0.25, 0.3) is 5.76 Å². The molecule has 3 aromatic rings. The van der Waals surface area contributed by atoms with Crippen LogP contribution in [0.2, 0.25) is 0 Å². The van der Waals surface area contributed by atoms with Crippen molar-refractivity contribution >= 4 is 23.1 Å². The van der Waals surface area contributed by atoms with Gasteiger partial charge in [-0.2, -0.15) is 0 Å². The van der Waals surface area contributed by atoms with E-state index in [9.17, 15) is 19.8 Å². The number of hydrogen-bond donors (Lipinski definition) is 2. The molecule has 1 aliphatic heterocycles. The molecule has 1 fully saturated rings. The highest BCUT2D eigenvalue weighted by atomic mass is 16.3. The fraction of sp³-hybridized carbons (Fsp3) is 0.185. The van der Waals surface area contributed by atoms with Crippen LogP contribution >= 0.6 is 0 Å². The van der Waals surface area contributed by atoms with Crippen molar-refractivity contribution in [2.75, 3.05) is 4.90 Å². The van der Waals surface area contributed by atoms with Gasteiger partial charge in [0, 0.05) is 11.3 Å². The van der Waals surface area contributed by atoms with E-state index in [1.165, 1.54) is 17.0 Å². The summed E-state index contributed by atoms with van der Waals surface area (Å²) in [6.45, 7) is 6.10. The zero-order valence-corrected chi connectivity index (χ0v) is 18.2. The number of amides is 1. The highest BCUT2D eigenvalue weighted by Crippen LogP contribution is 2.42. The van der Waals surface area contributed by atoms with Crippen LogP contribution in [0.1, 0.15) is 48.1 Å². The summed E-state index contributed by atoms with van der Waals surface area (Å²) < 4.78 is 0. The van der Waals surface area contributed by atoms with Crippen LogP contribution in [0.3, 0.4) is 0 Å². The number of carbonyl (C=O) groups excluding carboxylic acids is 2. The minimum absolute atomic E-state index is 0.0254. The van der Waals surface area contributed by atoms with Gasteiger partial charge in [0.25, 0.3) is 11.7 Å². The fourth-order valence-corrected chi connectivity index (χ4v) is 3.96.